The van der Waals surface area contributed by atoms with E-state index >= 15 is 0 Å². The molecule has 1 aliphatic rings. The molecule has 19 heavy (non-hydrogen) atoms. The zero-order valence-electron chi connectivity index (χ0n) is 9.53. The number of allylic oxidation sites excluding steroid dienone is 2. The fourth-order valence-corrected chi connectivity index (χ4v) is 3.59. The van der Waals surface area contributed by atoms with Crippen LogP contribution in [-0.4, -0.2) is 5.78 Å². The maximum atomic E-state index is 12.0. The van der Waals surface area contributed by atoms with Gasteiger partial charge in [-0.3, -0.25) is 4.79 Å². The number of nitriles is 2. The summed E-state index contributed by atoms with van der Waals surface area (Å²) in [4.78, 5) is 12.6. The van der Waals surface area contributed by atoms with Gasteiger partial charge < -0.3 is 0 Å². The summed E-state index contributed by atoms with van der Waals surface area (Å²) >= 11 is 7.37. The van der Waals surface area contributed by atoms with Crippen LogP contribution in [0, 0.1) is 22.7 Å². The summed E-state index contributed by atoms with van der Waals surface area (Å²) in [6, 6.07) is 9.11. The number of hydrogen-bond donors (Lipinski definition) is 0. The molecule has 0 N–H and O–H groups in total. The standard InChI is InChI=1S/C14H5ClN2OS/c15-8-1-2-12-10(3-8)13-9(7(5-16)6-17)4-11(18)14(13)19-12/h1-3H,4H2. The molecule has 0 atom stereocenters. The van der Waals surface area contributed by atoms with Crippen LogP contribution < -0.4 is 0 Å². The van der Waals surface area contributed by atoms with Gasteiger partial charge in [0.25, 0.3) is 0 Å². The molecule has 0 bridgehead atoms. The molecule has 0 fully saturated rings. The van der Waals surface area contributed by atoms with E-state index < -0.39 is 0 Å². The Kier molecular flexibility index (Phi) is 2.64. The molecule has 0 radical (unpaired) electrons. The van der Waals surface area contributed by atoms with E-state index in [1.165, 1.54) is 11.3 Å². The molecule has 0 unspecified atom stereocenters. The van der Waals surface area contributed by atoms with Crippen LogP contribution in [0.3, 0.4) is 0 Å². The zero-order chi connectivity index (χ0) is 13.6. The van der Waals surface area contributed by atoms with E-state index in [1.807, 2.05) is 18.2 Å². The maximum Gasteiger partial charge on any atom is 0.177 e. The fraction of sp³-hybridized carbons (Fsp3) is 0.0714. The maximum absolute atomic E-state index is 12.0. The van der Waals surface area contributed by atoms with Crippen LogP contribution in [0.1, 0.15) is 21.7 Å². The van der Waals surface area contributed by atoms with Gasteiger partial charge in [-0.15, -0.1) is 11.3 Å². The summed E-state index contributed by atoms with van der Waals surface area (Å²) in [5.41, 5.74) is 1.25. The van der Waals surface area contributed by atoms with Crippen molar-refractivity contribution in [3.05, 3.63) is 39.2 Å². The van der Waals surface area contributed by atoms with Crippen LogP contribution in [0.25, 0.3) is 15.7 Å². The Morgan fingerprint density at radius 1 is 1.32 bits per heavy atom. The highest BCUT2D eigenvalue weighted by atomic mass is 35.5. The second-order valence-corrected chi connectivity index (χ2v) is 5.61. The normalized spacial score (nSPS) is 13.2. The summed E-state index contributed by atoms with van der Waals surface area (Å²) in [6.07, 6.45) is 0.125. The monoisotopic (exact) mass is 284 g/mol. The second kappa shape index (κ2) is 4.20. The molecule has 0 aliphatic heterocycles. The van der Waals surface area contributed by atoms with Crippen molar-refractivity contribution >= 4 is 44.4 Å². The molecule has 0 saturated carbocycles. The van der Waals surface area contributed by atoms with Gasteiger partial charge in [0.05, 0.1) is 4.88 Å². The third-order valence-corrected chi connectivity index (χ3v) is 4.51. The first kappa shape index (κ1) is 11.9. The van der Waals surface area contributed by atoms with Crippen molar-refractivity contribution in [3.8, 4) is 12.1 Å². The van der Waals surface area contributed by atoms with Gasteiger partial charge in [0.15, 0.2) is 5.78 Å². The first-order valence-corrected chi connectivity index (χ1v) is 6.64. The molecule has 3 nitrogen and oxygen atoms in total. The molecule has 90 valence electrons. The van der Waals surface area contributed by atoms with E-state index in [-0.39, 0.29) is 17.8 Å². The molecule has 0 amide bonds. The number of fused-ring (bicyclic) bond motifs is 3. The van der Waals surface area contributed by atoms with Crippen LogP contribution in [0.2, 0.25) is 5.02 Å². The van der Waals surface area contributed by atoms with Gasteiger partial charge in [-0.25, -0.2) is 0 Å². The highest BCUT2D eigenvalue weighted by Gasteiger charge is 2.31. The number of ketones is 1. The van der Waals surface area contributed by atoms with Gasteiger partial charge in [-0.05, 0) is 23.8 Å². The summed E-state index contributed by atoms with van der Waals surface area (Å²) in [6.45, 7) is 0. The second-order valence-electron chi connectivity index (χ2n) is 4.12. The Hall–Kier alpha value is -2.14. The van der Waals surface area contributed by atoms with Gasteiger partial charge >= 0.3 is 0 Å². The van der Waals surface area contributed by atoms with Crippen LogP contribution in [0.5, 0.6) is 0 Å². The van der Waals surface area contributed by atoms with E-state index in [1.54, 1.807) is 12.1 Å². The lowest BCUT2D eigenvalue weighted by molar-refractivity contribution is 0.101. The average Bonchev–Trinajstić information content (AvgIpc) is 2.90. The van der Waals surface area contributed by atoms with E-state index in [0.717, 1.165) is 10.1 Å². The Balaban J connectivity index is 2.44. The number of benzene rings is 1. The number of carbonyl (C=O) groups is 1. The number of Topliss-reactive ketones (excluding diaryl/α,β-unsaturated/α-hetero) is 1. The molecule has 5 heteroatoms. The topological polar surface area (TPSA) is 64.7 Å². The number of nitrogens with zero attached hydrogens (tertiary/aromatic N) is 2. The van der Waals surface area contributed by atoms with E-state index in [9.17, 15) is 4.79 Å². The van der Waals surface area contributed by atoms with Crippen molar-refractivity contribution in [1.29, 1.82) is 10.5 Å². The lowest BCUT2D eigenvalue weighted by Crippen LogP contribution is -1.87. The third kappa shape index (κ3) is 1.66. The number of carbonyl (C=O) groups excluding carboxylic acids is 1. The minimum absolute atomic E-state index is 0.00627. The molecule has 0 saturated heterocycles. The lowest BCUT2D eigenvalue weighted by atomic mass is 10.0. The largest absolute Gasteiger partial charge is 0.293 e. The highest BCUT2D eigenvalue weighted by molar-refractivity contribution is 7.21. The number of hydrogen-bond acceptors (Lipinski definition) is 4. The van der Waals surface area contributed by atoms with Crippen molar-refractivity contribution in [1.82, 2.24) is 0 Å². The van der Waals surface area contributed by atoms with Crippen LogP contribution >= 0.6 is 22.9 Å². The van der Waals surface area contributed by atoms with E-state index in [4.69, 9.17) is 22.1 Å². The lowest BCUT2D eigenvalue weighted by Gasteiger charge is -1.99. The summed E-state index contributed by atoms with van der Waals surface area (Å²) in [5.74, 6) is -0.0367. The molecule has 0 spiro atoms. The van der Waals surface area contributed by atoms with Crippen molar-refractivity contribution in [2.24, 2.45) is 0 Å². The Bertz CT molecular complexity index is 833. The van der Waals surface area contributed by atoms with Crippen molar-refractivity contribution in [2.75, 3.05) is 0 Å². The Morgan fingerprint density at radius 3 is 2.74 bits per heavy atom. The van der Waals surface area contributed by atoms with Crippen molar-refractivity contribution < 1.29 is 4.79 Å². The fourth-order valence-electron chi connectivity index (χ4n) is 2.27. The van der Waals surface area contributed by atoms with E-state index in [0.29, 0.717) is 21.0 Å². The SMILES string of the molecule is N#CC(C#N)=C1CC(=O)c2sc3ccc(Cl)cc3c21. The molecule has 1 aromatic carbocycles. The molecule has 3 rings (SSSR count). The predicted molar refractivity (Wildman–Crippen MR) is 73.9 cm³/mol. The minimum Gasteiger partial charge on any atom is -0.293 e. The molecular formula is C14H5ClN2OS. The molecule has 1 aromatic heterocycles. The van der Waals surface area contributed by atoms with Gasteiger partial charge in [0.2, 0.25) is 0 Å². The van der Waals surface area contributed by atoms with Gasteiger partial charge in [-0.2, -0.15) is 10.5 Å². The summed E-state index contributed by atoms with van der Waals surface area (Å²) in [5, 5.41) is 19.4. The van der Waals surface area contributed by atoms with Crippen LogP contribution in [0.15, 0.2) is 23.8 Å². The third-order valence-electron chi connectivity index (χ3n) is 3.07. The van der Waals surface area contributed by atoms with Crippen molar-refractivity contribution in [3.63, 3.8) is 0 Å². The Labute approximate surface area is 117 Å². The van der Waals surface area contributed by atoms with Gasteiger partial charge in [-0.1, -0.05) is 11.6 Å². The average molecular weight is 285 g/mol. The van der Waals surface area contributed by atoms with Crippen molar-refractivity contribution in [2.45, 2.75) is 6.42 Å². The minimum atomic E-state index is -0.0367. The number of rotatable bonds is 0. The first-order valence-electron chi connectivity index (χ1n) is 5.44. The van der Waals surface area contributed by atoms with Crippen LogP contribution in [-0.2, 0) is 0 Å². The quantitative estimate of drug-likeness (QED) is 0.688. The first-order chi connectivity index (χ1) is 9.15. The van der Waals surface area contributed by atoms with Gasteiger partial charge in [0, 0.05) is 27.1 Å². The van der Waals surface area contributed by atoms with E-state index in [2.05, 4.69) is 0 Å². The molecular weight excluding hydrogens is 280 g/mol. The number of thiophene rings is 1. The summed E-state index contributed by atoms with van der Waals surface area (Å²) < 4.78 is 0.940. The Morgan fingerprint density at radius 2 is 2.05 bits per heavy atom. The molecule has 2 aromatic rings. The molecule has 1 heterocycles. The molecule has 1 aliphatic carbocycles. The summed E-state index contributed by atoms with van der Waals surface area (Å²) in [7, 11) is 0. The van der Waals surface area contributed by atoms with Crippen LogP contribution in [0.4, 0.5) is 0 Å². The highest BCUT2D eigenvalue weighted by Crippen LogP contribution is 2.45. The smallest absolute Gasteiger partial charge is 0.177 e. The number of halogens is 1. The zero-order valence-corrected chi connectivity index (χ0v) is 11.1. The predicted octanol–water partition coefficient (Wildman–Crippen LogP) is 3.94. The van der Waals surface area contributed by atoms with Gasteiger partial charge in [0.1, 0.15) is 17.7 Å².